The summed E-state index contributed by atoms with van der Waals surface area (Å²) in [6, 6.07) is 0.454. The molecule has 0 saturated heterocycles. The Balaban J connectivity index is 2.36. The maximum absolute atomic E-state index is 6.10. The molecule has 0 bridgehead atoms. The highest BCUT2D eigenvalue weighted by Gasteiger charge is 2.20. The van der Waals surface area contributed by atoms with Crippen molar-refractivity contribution < 1.29 is 0 Å². The first kappa shape index (κ1) is 10.0. The zero-order valence-corrected chi connectivity index (χ0v) is 8.42. The standard InChI is InChI=1S/C10H22N2/c1-12(2)8-9-6-4-3-5-7-10(9)11/h9-10H,3-8,11H2,1-2H3. The van der Waals surface area contributed by atoms with Crippen LogP contribution >= 0.6 is 0 Å². The molecule has 12 heavy (non-hydrogen) atoms. The normalized spacial score (nSPS) is 32.0. The molecule has 1 saturated carbocycles. The van der Waals surface area contributed by atoms with Crippen molar-refractivity contribution in [2.75, 3.05) is 20.6 Å². The van der Waals surface area contributed by atoms with Crippen molar-refractivity contribution in [1.82, 2.24) is 4.90 Å². The van der Waals surface area contributed by atoms with Crippen LogP contribution in [0.3, 0.4) is 0 Å². The fourth-order valence-electron chi connectivity index (χ4n) is 2.11. The van der Waals surface area contributed by atoms with Crippen molar-refractivity contribution >= 4 is 0 Å². The van der Waals surface area contributed by atoms with E-state index in [0.29, 0.717) is 6.04 Å². The van der Waals surface area contributed by atoms with E-state index in [9.17, 15) is 0 Å². The van der Waals surface area contributed by atoms with Crippen molar-refractivity contribution in [2.45, 2.75) is 38.1 Å². The number of nitrogens with two attached hydrogens (primary N) is 1. The zero-order valence-electron chi connectivity index (χ0n) is 8.42. The Kier molecular flexibility index (Phi) is 4.02. The van der Waals surface area contributed by atoms with Gasteiger partial charge in [0.2, 0.25) is 0 Å². The van der Waals surface area contributed by atoms with Crippen molar-refractivity contribution in [1.29, 1.82) is 0 Å². The molecule has 1 rings (SSSR count). The summed E-state index contributed by atoms with van der Waals surface area (Å²) in [5, 5.41) is 0. The zero-order chi connectivity index (χ0) is 8.97. The fraction of sp³-hybridized carbons (Fsp3) is 1.00. The van der Waals surface area contributed by atoms with E-state index < -0.39 is 0 Å². The molecular formula is C10H22N2. The molecule has 0 aromatic rings. The topological polar surface area (TPSA) is 29.3 Å². The van der Waals surface area contributed by atoms with Crippen LogP contribution in [0.1, 0.15) is 32.1 Å². The van der Waals surface area contributed by atoms with Gasteiger partial charge < -0.3 is 10.6 Å². The Morgan fingerprint density at radius 3 is 2.50 bits per heavy atom. The maximum atomic E-state index is 6.10. The van der Waals surface area contributed by atoms with Gasteiger partial charge in [-0.05, 0) is 32.9 Å². The van der Waals surface area contributed by atoms with Gasteiger partial charge in [0.25, 0.3) is 0 Å². The lowest BCUT2D eigenvalue weighted by Crippen LogP contribution is -2.35. The molecule has 0 heterocycles. The minimum absolute atomic E-state index is 0.454. The third-order valence-corrected chi connectivity index (χ3v) is 2.82. The summed E-state index contributed by atoms with van der Waals surface area (Å²) in [7, 11) is 4.27. The highest BCUT2D eigenvalue weighted by atomic mass is 15.1. The average molecular weight is 170 g/mol. The van der Waals surface area contributed by atoms with Gasteiger partial charge in [0.1, 0.15) is 0 Å². The molecule has 72 valence electrons. The van der Waals surface area contributed by atoms with E-state index in [4.69, 9.17) is 5.73 Å². The summed E-state index contributed by atoms with van der Waals surface area (Å²) < 4.78 is 0. The summed E-state index contributed by atoms with van der Waals surface area (Å²) in [5.41, 5.74) is 6.10. The van der Waals surface area contributed by atoms with E-state index in [0.717, 1.165) is 5.92 Å². The summed E-state index contributed by atoms with van der Waals surface area (Å²) in [6.45, 7) is 1.17. The Hall–Kier alpha value is -0.0800. The summed E-state index contributed by atoms with van der Waals surface area (Å²) in [4.78, 5) is 2.26. The molecule has 1 fully saturated rings. The Labute approximate surface area is 76.1 Å². The number of hydrogen-bond acceptors (Lipinski definition) is 2. The number of hydrogen-bond donors (Lipinski definition) is 1. The molecule has 0 radical (unpaired) electrons. The second-order valence-electron chi connectivity index (χ2n) is 4.32. The first-order valence-corrected chi connectivity index (χ1v) is 5.10. The molecule has 0 aromatic carbocycles. The SMILES string of the molecule is CN(C)CC1CCCCCC1N. The van der Waals surface area contributed by atoms with Crippen molar-refractivity contribution in [3.8, 4) is 0 Å². The molecule has 2 atom stereocenters. The Morgan fingerprint density at radius 1 is 1.17 bits per heavy atom. The molecular weight excluding hydrogens is 148 g/mol. The van der Waals surface area contributed by atoms with E-state index in [1.165, 1.54) is 38.6 Å². The van der Waals surface area contributed by atoms with E-state index in [2.05, 4.69) is 19.0 Å². The molecule has 0 spiro atoms. The molecule has 1 aliphatic rings. The van der Waals surface area contributed by atoms with Crippen LogP contribution in [-0.2, 0) is 0 Å². The first-order chi connectivity index (χ1) is 5.70. The van der Waals surface area contributed by atoms with E-state index in [-0.39, 0.29) is 0 Å². The van der Waals surface area contributed by atoms with Crippen LogP contribution in [0.5, 0.6) is 0 Å². The Bertz CT molecular complexity index is 123. The molecule has 0 aromatic heterocycles. The predicted octanol–water partition coefficient (Wildman–Crippen LogP) is 1.46. The van der Waals surface area contributed by atoms with Gasteiger partial charge in [-0.25, -0.2) is 0 Å². The predicted molar refractivity (Wildman–Crippen MR) is 53.1 cm³/mol. The molecule has 2 heteroatoms. The van der Waals surface area contributed by atoms with Gasteiger partial charge in [-0.15, -0.1) is 0 Å². The van der Waals surface area contributed by atoms with Crippen LogP contribution in [0.2, 0.25) is 0 Å². The second kappa shape index (κ2) is 4.83. The largest absolute Gasteiger partial charge is 0.327 e. The quantitative estimate of drug-likeness (QED) is 0.636. The van der Waals surface area contributed by atoms with Crippen molar-refractivity contribution in [3.63, 3.8) is 0 Å². The second-order valence-corrected chi connectivity index (χ2v) is 4.32. The maximum Gasteiger partial charge on any atom is 0.00793 e. The first-order valence-electron chi connectivity index (χ1n) is 5.10. The van der Waals surface area contributed by atoms with Gasteiger partial charge in [-0.2, -0.15) is 0 Å². The summed E-state index contributed by atoms with van der Waals surface area (Å²) >= 11 is 0. The van der Waals surface area contributed by atoms with Gasteiger partial charge in [0, 0.05) is 12.6 Å². The van der Waals surface area contributed by atoms with Crippen LogP contribution < -0.4 is 5.73 Å². The molecule has 2 unspecified atom stereocenters. The number of rotatable bonds is 2. The van der Waals surface area contributed by atoms with E-state index in [1.807, 2.05) is 0 Å². The summed E-state index contributed by atoms with van der Waals surface area (Å²) in [5.74, 6) is 0.738. The number of nitrogens with zero attached hydrogens (tertiary/aromatic N) is 1. The molecule has 0 amide bonds. The lowest BCUT2D eigenvalue weighted by molar-refractivity contribution is 0.278. The van der Waals surface area contributed by atoms with Crippen LogP contribution in [0.15, 0.2) is 0 Å². The van der Waals surface area contributed by atoms with Crippen LogP contribution in [0.25, 0.3) is 0 Å². The summed E-state index contributed by atoms with van der Waals surface area (Å²) in [6.07, 6.45) is 6.67. The highest BCUT2D eigenvalue weighted by Crippen LogP contribution is 2.22. The monoisotopic (exact) mass is 170 g/mol. The average Bonchev–Trinajstić information content (AvgIpc) is 2.16. The minimum Gasteiger partial charge on any atom is -0.327 e. The van der Waals surface area contributed by atoms with Gasteiger partial charge >= 0.3 is 0 Å². The lowest BCUT2D eigenvalue weighted by Gasteiger charge is -2.24. The third-order valence-electron chi connectivity index (χ3n) is 2.82. The van der Waals surface area contributed by atoms with Crippen LogP contribution in [0.4, 0.5) is 0 Å². The fourth-order valence-corrected chi connectivity index (χ4v) is 2.11. The molecule has 2 nitrogen and oxygen atoms in total. The van der Waals surface area contributed by atoms with Gasteiger partial charge in [0.05, 0.1) is 0 Å². The third kappa shape index (κ3) is 3.11. The van der Waals surface area contributed by atoms with E-state index in [1.54, 1.807) is 0 Å². The van der Waals surface area contributed by atoms with E-state index >= 15 is 0 Å². The van der Waals surface area contributed by atoms with Gasteiger partial charge in [0.15, 0.2) is 0 Å². The van der Waals surface area contributed by atoms with Crippen molar-refractivity contribution in [3.05, 3.63) is 0 Å². The minimum atomic E-state index is 0.454. The lowest BCUT2D eigenvalue weighted by atomic mass is 9.95. The smallest absolute Gasteiger partial charge is 0.00793 e. The van der Waals surface area contributed by atoms with Gasteiger partial charge in [-0.1, -0.05) is 19.3 Å². The molecule has 0 aliphatic heterocycles. The molecule has 2 N–H and O–H groups in total. The van der Waals surface area contributed by atoms with Gasteiger partial charge in [-0.3, -0.25) is 0 Å². The highest BCUT2D eigenvalue weighted by molar-refractivity contribution is 4.77. The molecule has 1 aliphatic carbocycles. The Morgan fingerprint density at radius 2 is 1.83 bits per heavy atom. The van der Waals surface area contributed by atoms with Crippen LogP contribution in [-0.4, -0.2) is 31.6 Å². The van der Waals surface area contributed by atoms with Crippen LogP contribution in [0, 0.1) is 5.92 Å². The van der Waals surface area contributed by atoms with Crippen molar-refractivity contribution in [2.24, 2.45) is 11.7 Å².